The Morgan fingerprint density at radius 1 is 0.829 bits per heavy atom. The minimum atomic E-state index is -0.731. The molecule has 0 aliphatic rings. The van der Waals surface area contributed by atoms with Crippen molar-refractivity contribution < 1.29 is 9.59 Å². The van der Waals surface area contributed by atoms with Gasteiger partial charge in [-0.2, -0.15) is 0 Å². The van der Waals surface area contributed by atoms with Crippen LogP contribution in [-0.4, -0.2) is 28.3 Å². The van der Waals surface area contributed by atoms with Crippen LogP contribution in [0.3, 0.4) is 0 Å². The van der Waals surface area contributed by atoms with E-state index in [2.05, 4.69) is 5.32 Å². The lowest BCUT2D eigenvalue weighted by atomic mass is 10.00. The molecule has 7 heteroatoms. The Kier molecular flexibility index (Phi) is 9.23. The van der Waals surface area contributed by atoms with Crippen LogP contribution in [0.4, 0.5) is 0 Å². The summed E-state index contributed by atoms with van der Waals surface area (Å²) in [7, 11) is 0. The molecule has 0 unspecified atom stereocenters. The van der Waals surface area contributed by atoms with Crippen molar-refractivity contribution in [2.45, 2.75) is 51.7 Å². The highest BCUT2D eigenvalue weighted by molar-refractivity contribution is 6.42. The van der Waals surface area contributed by atoms with E-state index >= 15 is 0 Å². The summed E-state index contributed by atoms with van der Waals surface area (Å²) in [6.45, 7) is 5.99. The number of hydrogen-bond acceptors (Lipinski definition) is 2. The smallest absolute Gasteiger partial charge is 0.243 e. The van der Waals surface area contributed by atoms with E-state index in [1.165, 1.54) is 0 Å². The van der Waals surface area contributed by atoms with Crippen molar-refractivity contribution in [3.8, 4) is 0 Å². The fourth-order valence-electron chi connectivity index (χ4n) is 3.76. The second kappa shape index (κ2) is 11.9. The lowest BCUT2D eigenvalue weighted by Gasteiger charge is -2.34. The maximum atomic E-state index is 13.7. The van der Waals surface area contributed by atoms with Gasteiger partial charge in [-0.05, 0) is 61.7 Å². The average molecular weight is 532 g/mol. The monoisotopic (exact) mass is 530 g/mol. The molecule has 0 bridgehead atoms. The van der Waals surface area contributed by atoms with E-state index in [0.29, 0.717) is 21.5 Å². The van der Waals surface area contributed by atoms with Gasteiger partial charge in [0.15, 0.2) is 0 Å². The predicted octanol–water partition coefficient (Wildman–Crippen LogP) is 6.74. The first-order chi connectivity index (χ1) is 16.5. The van der Waals surface area contributed by atoms with Crippen molar-refractivity contribution in [1.82, 2.24) is 10.2 Å². The average Bonchev–Trinajstić information content (AvgIpc) is 2.78. The summed E-state index contributed by atoms with van der Waals surface area (Å²) >= 11 is 18.5. The first kappa shape index (κ1) is 27.1. The summed E-state index contributed by atoms with van der Waals surface area (Å²) in [5, 5.41) is 4.42. The number of carbonyl (C=O) groups excluding carboxylic acids is 2. The first-order valence-electron chi connectivity index (χ1n) is 11.4. The Bertz CT molecular complexity index is 1180. The SMILES string of the molecule is CC(C)(C)NC(=O)[C@H](Cc1ccccc1)N(Cc1cccc(Cl)c1)C(=O)Cc1ccc(Cl)c(Cl)c1. The van der Waals surface area contributed by atoms with Gasteiger partial charge in [-0.1, -0.05) is 83.3 Å². The molecule has 184 valence electrons. The van der Waals surface area contributed by atoms with E-state index < -0.39 is 11.6 Å². The predicted molar refractivity (Wildman–Crippen MR) is 144 cm³/mol. The number of benzene rings is 3. The van der Waals surface area contributed by atoms with Crippen molar-refractivity contribution in [3.63, 3.8) is 0 Å². The number of nitrogens with zero attached hydrogens (tertiary/aromatic N) is 1. The van der Waals surface area contributed by atoms with Crippen LogP contribution in [0.2, 0.25) is 15.1 Å². The molecule has 3 aromatic carbocycles. The third kappa shape index (κ3) is 8.28. The Hall–Kier alpha value is -2.53. The minimum absolute atomic E-state index is 0.0749. The molecule has 0 fully saturated rings. The van der Waals surface area contributed by atoms with Crippen LogP contribution in [0.25, 0.3) is 0 Å². The van der Waals surface area contributed by atoms with Crippen molar-refractivity contribution in [2.75, 3.05) is 0 Å². The molecular weight excluding hydrogens is 503 g/mol. The fraction of sp³-hybridized carbons (Fsp3) is 0.286. The summed E-state index contributed by atoms with van der Waals surface area (Å²) in [6.07, 6.45) is 0.446. The maximum absolute atomic E-state index is 13.7. The van der Waals surface area contributed by atoms with Crippen LogP contribution in [-0.2, 0) is 29.0 Å². The molecule has 4 nitrogen and oxygen atoms in total. The molecule has 0 saturated carbocycles. The molecular formula is C28H29Cl3N2O2. The normalized spacial score (nSPS) is 12.2. The van der Waals surface area contributed by atoms with Crippen molar-refractivity contribution >= 4 is 46.6 Å². The Morgan fingerprint density at radius 2 is 1.51 bits per heavy atom. The standard InChI is InChI=1S/C28H29Cl3N2O2/c1-28(2,3)32-27(35)25(16-19-8-5-4-6-9-19)33(18-21-10-7-11-22(29)14-21)26(34)17-20-12-13-23(30)24(31)15-20/h4-15,25H,16-18H2,1-3H3,(H,32,35)/t25-/m0/s1. The van der Waals surface area contributed by atoms with Crippen LogP contribution < -0.4 is 5.32 Å². The summed E-state index contributed by atoms with van der Waals surface area (Å²) < 4.78 is 0. The van der Waals surface area contributed by atoms with Crippen molar-refractivity contribution in [2.24, 2.45) is 0 Å². The summed E-state index contributed by atoms with van der Waals surface area (Å²) in [6, 6.07) is 21.4. The van der Waals surface area contributed by atoms with Crippen LogP contribution in [0.5, 0.6) is 0 Å². The van der Waals surface area contributed by atoms with E-state index in [9.17, 15) is 9.59 Å². The highest BCUT2D eigenvalue weighted by Gasteiger charge is 2.32. The third-order valence-electron chi connectivity index (χ3n) is 5.35. The highest BCUT2D eigenvalue weighted by atomic mass is 35.5. The molecule has 0 saturated heterocycles. The van der Waals surface area contributed by atoms with Crippen molar-refractivity contribution in [3.05, 3.63) is 105 Å². The lowest BCUT2D eigenvalue weighted by Crippen LogP contribution is -2.54. The summed E-state index contributed by atoms with van der Waals surface area (Å²) in [5.74, 6) is -0.417. The Morgan fingerprint density at radius 3 is 2.14 bits per heavy atom. The number of nitrogens with one attached hydrogen (secondary N) is 1. The molecule has 3 rings (SSSR count). The Balaban J connectivity index is 2.00. The third-order valence-corrected chi connectivity index (χ3v) is 6.32. The van der Waals surface area contributed by atoms with Crippen LogP contribution in [0, 0.1) is 0 Å². The second-order valence-corrected chi connectivity index (χ2v) is 10.8. The zero-order chi connectivity index (χ0) is 25.6. The van der Waals surface area contributed by atoms with Gasteiger partial charge in [-0.3, -0.25) is 9.59 Å². The van der Waals surface area contributed by atoms with E-state index in [4.69, 9.17) is 34.8 Å². The maximum Gasteiger partial charge on any atom is 0.243 e. The van der Waals surface area contributed by atoms with Crippen molar-refractivity contribution in [1.29, 1.82) is 0 Å². The quantitative estimate of drug-likeness (QED) is 0.350. The van der Waals surface area contributed by atoms with E-state index in [1.807, 2.05) is 69.3 Å². The number of rotatable bonds is 8. The van der Waals surface area contributed by atoms with Gasteiger partial charge in [0, 0.05) is 23.5 Å². The lowest BCUT2D eigenvalue weighted by molar-refractivity contribution is -0.141. The van der Waals surface area contributed by atoms with Gasteiger partial charge < -0.3 is 10.2 Å². The van der Waals surface area contributed by atoms with Gasteiger partial charge in [0.1, 0.15) is 6.04 Å². The van der Waals surface area contributed by atoms with Gasteiger partial charge in [-0.15, -0.1) is 0 Å². The molecule has 35 heavy (non-hydrogen) atoms. The van der Waals surface area contributed by atoms with E-state index in [-0.39, 0.29) is 24.8 Å². The first-order valence-corrected chi connectivity index (χ1v) is 12.5. The highest BCUT2D eigenvalue weighted by Crippen LogP contribution is 2.24. The molecule has 3 aromatic rings. The number of halogens is 3. The van der Waals surface area contributed by atoms with E-state index in [1.54, 1.807) is 29.2 Å². The summed E-state index contributed by atoms with van der Waals surface area (Å²) in [5.41, 5.74) is 2.05. The number of carbonyl (C=O) groups is 2. The molecule has 0 spiro atoms. The van der Waals surface area contributed by atoms with Crippen LogP contribution in [0.15, 0.2) is 72.8 Å². The van der Waals surface area contributed by atoms with Gasteiger partial charge in [0.2, 0.25) is 11.8 Å². The number of hydrogen-bond donors (Lipinski definition) is 1. The van der Waals surface area contributed by atoms with Gasteiger partial charge in [0.05, 0.1) is 16.5 Å². The van der Waals surface area contributed by atoms with Crippen LogP contribution in [0.1, 0.15) is 37.5 Å². The molecule has 1 N–H and O–H groups in total. The number of amides is 2. The second-order valence-electron chi connectivity index (χ2n) is 9.52. The molecule has 0 radical (unpaired) electrons. The molecule has 2 amide bonds. The molecule has 0 aliphatic carbocycles. The van der Waals surface area contributed by atoms with E-state index in [0.717, 1.165) is 16.7 Å². The van der Waals surface area contributed by atoms with Gasteiger partial charge >= 0.3 is 0 Å². The molecule has 1 atom stereocenters. The largest absolute Gasteiger partial charge is 0.350 e. The Labute approximate surface area is 222 Å². The van der Waals surface area contributed by atoms with Crippen LogP contribution >= 0.6 is 34.8 Å². The molecule has 0 aromatic heterocycles. The molecule has 0 aliphatic heterocycles. The topological polar surface area (TPSA) is 49.4 Å². The zero-order valence-electron chi connectivity index (χ0n) is 20.0. The minimum Gasteiger partial charge on any atom is -0.350 e. The van der Waals surface area contributed by atoms with Gasteiger partial charge in [-0.25, -0.2) is 0 Å². The fourth-order valence-corrected chi connectivity index (χ4v) is 4.30. The summed E-state index contributed by atoms with van der Waals surface area (Å²) in [4.78, 5) is 28.9. The van der Waals surface area contributed by atoms with Gasteiger partial charge in [0.25, 0.3) is 0 Å². The molecule has 0 heterocycles. The zero-order valence-corrected chi connectivity index (χ0v) is 22.3.